The molecule has 2 N–H and O–H groups in total. The maximum Gasteiger partial charge on any atom is 0.136 e. The van der Waals surface area contributed by atoms with E-state index >= 15 is 0 Å². The second-order valence-corrected chi connectivity index (χ2v) is 6.44. The molecule has 0 amide bonds. The first-order valence-electron chi connectivity index (χ1n) is 6.97. The van der Waals surface area contributed by atoms with Crippen LogP contribution in [0.15, 0.2) is 47.4 Å². The monoisotopic (exact) mass is 307 g/mol. The zero-order valence-electron chi connectivity index (χ0n) is 12.1. The van der Waals surface area contributed by atoms with Gasteiger partial charge in [0.05, 0.1) is 0 Å². The molecule has 0 spiro atoms. The molecule has 2 aromatic carbocycles. The maximum absolute atomic E-state index is 13.7. The van der Waals surface area contributed by atoms with E-state index in [1.54, 1.807) is 0 Å². The standard InChI is InChI=1S/C17H19F2NS/c1-3-12-4-6-13(7-5-12)17(20)11(2)21-16-10-14(18)8-9-15(16)19/h4-11,17H,3,20H2,1-2H3. The highest BCUT2D eigenvalue weighted by Gasteiger charge is 2.18. The molecule has 21 heavy (non-hydrogen) atoms. The summed E-state index contributed by atoms with van der Waals surface area (Å²) in [6, 6.07) is 11.3. The zero-order valence-corrected chi connectivity index (χ0v) is 13.0. The molecule has 2 unspecified atom stereocenters. The normalized spacial score (nSPS) is 14.0. The molecule has 0 radical (unpaired) electrons. The van der Waals surface area contributed by atoms with Crippen molar-refractivity contribution in [2.75, 3.05) is 0 Å². The summed E-state index contributed by atoms with van der Waals surface area (Å²) >= 11 is 1.26. The topological polar surface area (TPSA) is 26.0 Å². The van der Waals surface area contributed by atoms with Crippen LogP contribution in [0.2, 0.25) is 0 Å². The average molecular weight is 307 g/mol. The number of hydrogen-bond donors (Lipinski definition) is 1. The molecule has 0 saturated heterocycles. The second-order valence-electron chi connectivity index (χ2n) is 5.02. The van der Waals surface area contributed by atoms with Gasteiger partial charge in [-0.15, -0.1) is 11.8 Å². The summed E-state index contributed by atoms with van der Waals surface area (Å²) in [6.07, 6.45) is 0.980. The molecule has 2 rings (SSSR count). The Kier molecular flexibility index (Phi) is 5.37. The molecular weight excluding hydrogens is 288 g/mol. The molecule has 2 aromatic rings. The van der Waals surface area contributed by atoms with Crippen LogP contribution in [-0.2, 0) is 6.42 Å². The maximum atomic E-state index is 13.7. The lowest BCUT2D eigenvalue weighted by molar-refractivity contribution is 0.576. The average Bonchev–Trinajstić information content (AvgIpc) is 2.50. The van der Waals surface area contributed by atoms with Crippen molar-refractivity contribution in [3.63, 3.8) is 0 Å². The number of hydrogen-bond acceptors (Lipinski definition) is 2. The number of nitrogens with two attached hydrogens (primary N) is 1. The summed E-state index contributed by atoms with van der Waals surface area (Å²) in [4.78, 5) is 0.295. The van der Waals surface area contributed by atoms with Crippen LogP contribution in [0.5, 0.6) is 0 Å². The van der Waals surface area contributed by atoms with Crippen LogP contribution in [0.4, 0.5) is 8.78 Å². The molecule has 0 aliphatic carbocycles. The van der Waals surface area contributed by atoms with Gasteiger partial charge in [-0.1, -0.05) is 38.1 Å². The van der Waals surface area contributed by atoms with Gasteiger partial charge in [0.1, 0.15) is 11.6 Å². The van der Waals surface area contributed by atoms with Gasteiger partial charge in [-0.3, -0.25) is 0 Å². The molecule has 4 heteroatoms. The Bertz CT molecular complexity index is 598. The minimum Gasteiger partial charge on any atom is -0.323 e. The third kappa shape index (κ3) is 4.05. The molecule has 0 aromatic heterocycles. The Labute approximate surface area is 128 Å². The van der Waals surface area contributed by atoms with Crippen molar-refractivity contribution in [1.82, 2.24) is 0 Å². The molecule has 0 heterocycles. The SMILES string of the molecule is CCc1ccc(C(N)C(C)Sc2cc(F)ccc2F)cc1. The fraction of sp³-hybridized carbons (Fsp3) is 0.294. The molecule has 1 nitrogen and oxygen atoms in total. The summed E-state index contributed by atoms with van der Waals surface area (Å²) in [7, 11) is 0. The van der Waals surface area contributed by atoms with Gasteiger partial charge < -0.3 is 5.73 Å². The Morgan fingerprint density at radius 1 is 1.10 bits per heavy atom. The van der Waals surface area contributed by atoms with Gasteiger partial charge >= 0.3 is 0 Å². The van der Waals surface area contributed by atoms with Crippen LogP contribution in [0.1, 0.15) is 31.0 Å². The molecule has 0 aliphatic heterocycles. The highest BCUT2D eigenvalue weighted by molar-refractivity contribution is 8.00. The summed E-state index contributed by atoms with van der Waals surface area (Å²) < 4.78 is 26.9. The van der Waals surface area contributed by atoms with Gasteiger partial charge in [-0.2, -0.15) is 0 Å². The van der Waals surface area contributed by atoms with Crippen molar-refractivity contribution in [1.29, 1.82) is 0 Å². The van der Waals surface area contributed by atoms with E-state index in [2.05, 4.69) is 19.1 Å². The van der Waals surface area contributed by atoms with Gasteiger partial charge in [-0.05, 0) is 35.7 Å². The quantitative estimate of drug-likeness (QED) is 0.810. The molecule has 0 bridgehead atoms. The molecule has 112 valence electrons. The first-order chi connectivity index (χ1) is 10.0. The smallest absolute Gasteiger partial charge is 0.136 e. The van der Waals surface area contributed by atoms with Gasteiger partial charge in [-0.25, -0.2) is 8.78 Å². The number of benzene rings is 2. The third-order valence-corrected chi connectivity index (χ3v) is 4.72. The van der Waals surface area contributed by atoms with Crippen molar-refractivity contribution < 1.29 is 8.78 Å². The van der Waals surface area contributed by atoms with Gasteiger partial charge in [0.25, 0.3) is 0 Å². The van der Waals surface area contributed by atoms with E-state index in [-0.39, 0.29) is 11.3 Å². The third-order valence-electron chi connectivity index (χ3n) is 3.48. The lowest BCUT2D eigenvalue weighted by Gasteiger charge is -2.20. The van der Waals surface area contributed by atoms with Crippen LogP contribution in [0.3, 0.4) is 0 Å². The van der Waals surface area contributed by atoms with E-state index in [9.17, 15) is 8.78 Å². The highest BCUT2D eigenvalue weighted by Crippen LogP contribution is 2.32. The van der Waals surface area contributed by atoms with Crippen molar-refractivity contribution in [3.8, 4) is 0 Å². The van der Waals surface area contributed by atoms with Crippen LogP contribution >= 0.6 is 11.8 Å². The fourth-order valence-corrected chi connectivity index (χ4v) is 3.15. The van der Waals surface area contributed by atoms with Crippen molar-refractivity contribution in [2.45, 2.75) is 36.5 Å². The largest absolute Gasteiger partial charge is 0.323 e. The van der Waals surface area contributed by atoms with Crippen LogP contribution < -0.4 is 5.73 Å². The predicted molar refractivity (Wildman–Crippen MR) is 84.4 cm³/mol. The van der Waals surface area contributed by atoms with Crippen molar-refractivity contribution in [2.24, 2.45) is 5.73 Å². The van der Waals surface area contributed by atoms with Crippen LogP contribution in [0.25, 0.3) is 0 Å². The van der Waals surface area contributed by atoms with E-state index in [0.717, 1.165) is 24.1 Å². The van der Waals surface area contributed by atoms with Crippen LogP contribution in [-0.4, -0.2) is 5.25 Å². The lowest BCUT2D eigenvalue weighted by atomic mass is 10.0. The van der Waals surface area contributed by atoms with E-state index in [1.807, 2.05) is 19.1 Å². The van der Waals surface area contributed by atoms with E-state index in [4.69, 9.17) is 5.73 Å². The van der Waals surface area contributed by atoms with Crippen LogP contribution in [0, 0.1) is 11.6 Å². The summed E-state index contributed by atoms with van der Waals surface area (Å²) in [5.74, 6) is -0.853. The zero-order chi connectivity index (χ0) is 15.4. The summed E-state index contributed by atoms with van der Waals surface area (Å²) in [6.45, 7) is 4.02. The molecule has 0 aliphatic rings. The Balaban J connectivity index is 2.11. The van der Waals surface area contributed by atoms with Gasteiger partial charge in [0.15, 0.2) is 0 Å². The summed E-state index contributed by atoms with van der Waals surface area (Å²) in [5, 5.41) is -0.0613. The Morgan fingerprint density at radius 2 is 1.76 bits per heavy atom. The fourth-order valence-electron chi connectivity index (χ4n) is 2.09. The minimum atomic E-state index is -0.438. The van der Waals surface area contributed by atoms with Gasteiger partial charge in [0, 0.05) is 16.2 Å². The van der Waals surface area contributed by atoms with Gasteiger partial charge in [0.2, 0.25) is 0 Å². The Morgan fingerprint density at radius 3 is 2.38 bits per heavy atom. The van der Waals surface area contributed by atoms with E-state index in [1.165, 1.54) is 23.4 Å². The number of aryl methyl sites for hydroxylation is 1. The van der Waals surface area contributed by atoms with E-state index < -0.39 is 11.6 Å². The number of halogens is 2. The first-order valence-corrected chi connectivity index (χ1v) is 7.85. The highest BCUT2D eigenvalue weighted by atomic mass is 32.2. The second kappa shape index (κ2) is 7.05. The molecule has 0 fully saturated rings. The molecular formula is C17H19F2NS. The number of thioether (sulfide) groups is 1. The molecule has 2 atom stereocenters. The van der Waals surface area contributed by atoms with Crippen molar-refractivity contribution in [3.05, 3.63) is 65.2 Å². The first kappa shape index (κ1) is 16.0. The predicted octanol–water partition coefficient (Wildman–Crippen LogP) is 4.71. The molecule has 0 saturated carbocycles. The summed E-state index contributed by atoms with van der Waals surface area (Å²) in [5.41, 5.74) is 8.48. The van der Waals surface area contributed by atoms with E-state index in [0.29, 0.717) is 4.90 Å². The number of rotatable bonds is 5. The minimum absolute atomic E-state index is 0.0613. The Hall–Kier alpha value is -1.39. The lowest BCUT2D eigenvalue weighted by Crippen LogP contribution is -2.21. The van der Waals surface area contributed by atoms with Crippen molar-refractivity contribution >= 4 is 11.8 Å².